The molecule has 6 atom stereocenters. The first-order valence-corrected chi connectivity index (χ1v) is 20.7. The molecule has 3 aliphatic carbocycles. The molecule has 65 heavy (non-hydrogen) atoms. The number of hydrogen-bond donors (Lipinski definition) is 0. The zero-order valence-corrected chi connectivity index (χ0v) is 34.9. The first-order chi connectivity index (χ1) is 31.4. The van der Waals surface area contributed by atoms with Gasteiger partial charge < -0.3 is 29.9 Å². The van der Waals surface area contributed by atoms with Gasteiger partial charge in [-0.2, -0.15) is 10.5 Å². The Balaban J connectivity index is 0.00000444. The number of rotatable bonds is 0. The van der Waals surface area contributed by atoms with Crippen molar-refractivity contribution in [1.82, 2.24) is 39.9 Å². The predicted molar refractivity (Wildman–Crippen MR) is 239 cm³/mol. The first kappa shape index (κ1) is 38.1. The van der Waals surface area contributed by atoms with E-state index >= 15 is 0 Å². The van der Waals surface area contributed by atoms with Crippen molar-refractivity contribution in [3.05, 3.63) is 185 Å². The van der Waals surface area contributed by atoms with Gasteiger partial charge in [-0.05, 0) is 113 Å². The van der Waals surface area contributed by atoms with E-state index in [4.69, 9.17) is 53.0 Å². The van der Waals surface area contributed by atoms with Gasteiger partial charge in [0, 0.05) is 46.8 Å². The van der Waals surface area contributed by atoms with E-state index in [1.165, 1.54) is 0 Å². The summed E-state index contributed by atoms with van der Waals surface area (Å²) in [6.45, 7) is 15.4. The topological polar surface area (TPSA) is 162 Å². The van der Waals surface area contributed by atoms with Crippen LogP contribution in [0.3, 0.4) is 0 Å². The molecule has 13 rings (SSSR count). The number of benzene rings is 5. The van der Waals surface area contributed by atoms with E-state index in [0.29, 0.717) is 68.7 Å². The van der Waals surface area contributed by atoms with Crippen LogP contribution in [0.5, 0.6) is 0 Å². The van der Waals surface area contributed by atoms with Gasteiger partial charge >= 0.3 is 17.1 Å². The van der Waals surface area contributed by atoms with Gasteiger partial charge in [-0.3, -0.25) is 9.97 Å². The zero-order valence-electron chi connectivity index (χ0n) is 33.8. The summed E-state index contributed by atoms with van der Waals surface area (Å²) in [7, 11) is 0. The fourth-order valence-electron chi connectivity index (χ4n) is 9.97. The Morgan fingerprint density at radius 3 is 1.40 bits per heavy atom. The Morgan fingerprint density at radius 1 is 0.431 bits per heavy atom. The monoisotopic (exact) mass is 873 g/mol. The molecule has 0 amide bonds. The van der Waals surface area contributed by atoms with Crippen LogP contribution in [0.15, 0.2) is 84.9 Å². The van der Waals surface area contributed by atoms with Gasteiger partial charge in [-0.1, -0.05) is 72.9 Å². The van der Waals surface area contributed by atoms with E-state index in [1.807, 2.05) is 78.9 Å². The standard InChI is InChI=1S/C52H26N12.Mn/c1-55-35-9-7-29-17-39-43(21-33(29)13-35)52-62-47(39)60-50-41-19-31-11-25(23-53)3-5-27(31)15-37(41)45(58-50)57-49-42-20-32-12-26(24-54)4-6-28(32)16-38(42)46(59-49)61-51-44-22-34-14-36(56-2)10-8-30(34)18-40(44)48(63-51)64-52;/h3-22,37-39,41-43H;/q-2;+2. The molecule has 0 saturated heterocycles. The molecule has 3 aliphatic heterocycles. The average molecular weight is 874 g/mol. The smallest absolute Gasteiger partial charge is 0.366 e. The van der Waals surface area contributed by atoms with Crippen LogP contribution in [0, 0.1) is 35.8 Å². The molecule has 6 aliphatic rings. The molecule has 13 heteroatoms. The first-order valence-electron chi connectivity index (χ1n) is 20.7. The van der Waals surface area contributed by atoms with Crippen molar-refractivity contribution in [3.8, 4) is 12.1 Å². The Kier molecular flexibility index (Phi) is 8.34. The molecule has 2 aromatic heterocycles. The number of hydrogen-bond acceptors (Lipinski definition) is 8. The quantitative estimate of drug-likeness (QED) is 0.157. The van der Waals surface area contributed by atoms with Crippen molar-refractivity contribution in [2.75, 3.05) is 0 Å². The summed E-state index contributed by atoms with van der Waals surface area (Å²) in [5, 5.41) is 28.6. The van der Waals surface area contributed by atoms with E-state index in [1.54, 1.807) is 6.07 Å². The fourth-order valence-corrected chi connectivity index (χ4v) is 9.97. The number of fused-ring (bicyclic) bond motifs is 24. The maximum absolute atomic E-state index is 9.79. The van der Waals surface area contributed by atoms with Gasteiger partial charge in [0.1, 0.15) is 0 Å². The Bertz CT molecular complexity index is 4160. The second kappa shape index (κ2) is 14.2. The van der Waals surface area contributed by atoms with E-state index < -0.39 is 0 Å². The van der Waals surface area contributed by atoms with Gasteiger partial charge in [0.05, 0.1) is 59.7 Å². The van der Waals surface area contributed by atoms with Crippen molar-refractivity contribution < 1.29 is 17.1 Å². The van der Waals surface area contributed by atoms with E-state index in [9.17, 15) is 10.5 Å². The third-order valence-corrected chi connectivity index (χ3v) is 13.1. The van der Waals surface area contributed by atoms with Crippen molar-refractivity contribution >= 4 is 80.7 Å². The molecule has 301 valence electrons. The van der Waals surface area contributed by atoms with Crippen molar-refractivity contribution in [2.45, 2.75) is 35.5 Å². The summed E-state index contributed by atoms with van der Waals surface area (Å²) in [5.74, 6) is 1.35. The van der Waals surface area contributed by atoms with Crippen LogP contribution in [0.25, 0.3) is 79.0 Å². The minimum absolute atomic E-state index is 0. The third-order valence-electron chi connectivity index (χ3n) is 13.1. The summed E-state index contributed by atoms with van der Waals surface area (Å²) in [6, 6.07) is 31.2. The molecule has 7 aromatic rings. The summed E-state index contributed by atoms with van der Waals surface area (Å²) in [6.07, 6.45) is 12.8. The number of aromatic nitrogens is 8. The van der Waals surface area contributed by atoms with Crippen LogP contribution in [0.2, 0.25) is 0 Å². The summed E-state index contributed by atoms with van der Waals surface area (Å²) >= 11 is 0. The van der Waals surface area contributed by atoms with Crippen LogP contribution < -0.4 is 41.3 Å². The SMILES string of the molecule is [C-]#[N+]c1ccc2c(c1)=CC1c3nc(nc4[n-]c(nc5nc(nc6[n-]c(n3)c3cc7ccc([N+]#[C-])cc7cc63)C3C=c6ccc(C#N)cc6=CC53)C3C=c5ccc(C#N)cc5=CC43)C1C=2.[Mn+2]. The van der Waals surface area contributed by atoms with Crippen LogP contribution in [-0.2, 0) is 17.1 Å². The van der Waals surface area contributed by atoms with Gasteiger partial charge in [-0.15, -0.1) is 0 Å². The summed E-state index contributed by atoms with van der Waals surface area (Å²) in [4.78, 5) is 49.3. The Hall–Kier alpha value is -8.58. The van der Waals surface area contributed by atoms with Crippen molar-refractivity contribution in [1.29, 1.82) is 10.5 Å². The second-order valence-corrected chi connectivity index (χ2v) is 16.7. The van der Waals surface area contributed by atoms with Crippen LogP contribution in [0.4, 0.5) is 11.4 Å². The summed E-state index contributed by atoms with van der Waals surface area (Å²) < 4.78 is 0. The van der Waals surface area contributed by atoms with Crippen molar-refractivity contribution in [3.63, 3.8) is 0 Å². The molecule has 0 spiro atoms. The fraction of sp³-hybridized carbons (Fsp3) is 0.115. The van der Waals surface area contributed by atoms with Gasteiger partial charge in [0.15, 0.2) is 11.4 Å². The predicted octanol–water partition coefficient (Wildman–Crippen LogP) is 4.45. The zero-order chi connectivity index (χ0) is 42.8. The van der Waals surface area contributed by atoms with Gasteiger partial charge in [-0.25, -0.2) is 9.69 Å². The largest absolute Gasteiger partial charge is 2.00 e. The molecule has 5 aromatic carbocycles. The number of nitrogens with zero attached hydrogens (tertiary/aromatic N) is 12. The molecular weight excluding hydrogens is 848 g/mol. The Morgan fingerprint density at radius 2 is 0.862 bits per heavy atom. The normalized spacial score (nSPS) is 20.6. The van der Waals surface area contributed by atoms with Crippen molar-refractivity contribution in [2.24, 2.45) is 0 Å². The van der Waals surface area contributed by atoms with Gasteiger partial charge in [0.25, 0.3) is 0 Å². The molecule has 12 nitrogen and oxygen atoms in total. The summed E-state index contributed by atoms with van der Waals surface area (Å²) in [5.41, 5.74) is 3.06. The van der Waals surface area contributed by atoms with E-state index in [2.05, 4.69) is 58.3 Å². The molecule has 0 N–H and O–H groups in total. The second-order valence-electron chi connectivity index (χ2n) is 16.7. The third kappa shape index (κ3) is 5.92. The molecule has 0 fully saturated rings. The molecule has 1 radical (unpaired) electrons. The molecule has 5 heterocycles. The molecule has 0 saturated carbocycles. The van der Waals surface area contributed by atoms with Crippen LogP contribution in [-0.4, -0.2) is 29.9 Å². The molecular formula is C52H26MnN12. The van der Waals surface area contributed by atoms with E-state index in [-0.39, 0.29) is 52.6 Å². The Labute approximate surface area is 379 Å². The number of nitriles is 2. The minimum Gasteiger partial charge on any atom is -0.366 e. The molecule has 6 unspecified atom stereocenters. The van der Waals surface area contributed by atoms with Crippen LogP contribution in [0.1, 0.15) is 81.6 Å². The average Bonchev–Trinajstić information content (AvgIpc) is 4.04. The van der Waals surface area contributed by atoms with Gasteiger partial charge in [0.2, 0.25) is 0 Å². The van der Waals surface area contributed by atoms with E-state index in [0.717, 1.165) is 52.9 Å². The molecule has 8 bridgehead atoms. The maximum Gasteiger partial charge on any atom is 2.00 e. The maximum atomic E-state index is 9.79. The van der Waals surface area contributed by atoms with Crippen LogP contribution >= 0.6 is 0 Å². The minimum atomic E-state index is -0.325.